The highest BCUT2D eigenvalue weighted by Gasteiger charge is 2.43. The number of nitrogens with one attached hydrogen (secondary N) is 1. The van der Waals surface area contributed by atoms with Gasteiger partial charge >= 0.3 is 0 Å². The molecule has 0 spiro atoms. The number of amides is 1. The molecule has 0 unspecified atom stereocenters. The summed E-state index contributed by atoms with van der Waals surface area (Å²) < 4.78 is 24.7. The van der Waals surface area contributed by atoms with Crippen LogP contribution in [-0.2, 0) is 23.0 Å². The Hall–Kier alpha value is -2.19. The number of primary sulfonamides is 1. The van der Waals surface area contributed by atoms with E-state index in [-0.39, 0.29) is 16.2 Å². The maximum absolute atomic E-state index is 12.3. The SMILES string of the molecule is CCc1nccn1CC1(CNC(=O)c2ccc(S(N)(=O)=O)cc2)CC1. The molecule has 0 atom stereocenters. The maximum atomic E-state index is 12.3. The van der Waals surface area contributed by atoms with Crippen LogP contribution in [0.3, 0.4) is 0 Å². The average Bonchev–Trinajstić information content (AvgIpc) is 3.20. The highest BCUT2D eigenvalue weighted by molar-refractivity contribution is 7.89. The monoisotopic (exact) mass is 362 g/mol. The lowest BCUT2D eigenvalue weighted by Gasteiger charge is -2.18. The second-order valence-corrected chi connectivity index (χ2v) is 8.14. The van der Waals surface area contributed by atoms with E-state index in [9.17, 15) is 13.2 Å². The summed E-state index contributed by atoms with van der Waals surface area (Å²) in [6.07, 6.45) is 6.80. The van der Waals surface area contributed by atoms with Gasteiger partial charge in [-0.05, 0) is 37.1 Å². The van der Waals surface area contributed by atoms with Gasteiger partial charge in [-0.1, -0.05) is 6.92 Å². The van der Waals surface area contributed by atoms with Crippen LogP contribution >= 0.6 is 0 Å². The van der Waals surface area contributed by atoms with Gasteiger partial charge in [-0.25, -0.2) is 18.5 Å². The van der Waals surface area contributed by atoms with Gasteiger partial charge in [0.05, 0.1) is 4.90 Å². The van der Waals surface area contributed by atoms with Crippen LogP contribution < -0.4 is 10.5 Å². The molecule has 1 aliphatic rings. The number of benzene rings is 1. The Morgan fingerprint density at radius 3 is 2.56 bits per heavy atom. The van der Waals surface area contributed by atoms with E-state index in [4.69, 9.17) is 5.14 Å². The van der Waals surface area contributed by atoms with Crippen LogP contribution in [0.1, 0.15) is 35.9 Å². The molecule has 0 radical (unpaired) electrons. The maximum Gasteiger partial charge on any atom is 0.251 e. The Bertz CT molecular complexity index is 868. The molecule has 1 saturated carbocycles. The second-order valence-electron chi connectivity index (χ2n) is 6.58. The molecule has 2 aromatic rings. The molecule has 1 aromatic carbocycles. The Balaban J connectivity index is 1.60. The van der Waals surface area contributed by atoms with Crippen molar-refractivity contribution >= 4 is 15.9 Å². The minimum Gasteiger partial charge on any atom is -0.351 e. The quantitative estimate of drug-likeness (QED) is 0.774. The van der Waals surface area contributed by atoms with Gasteiger partial charge in [-0.2, -0.15) is 0 Å². The zero-order chi connectivity index (χ0) is 18.1. The van der Waals surface area contributed by atoms with Gasteiger partial charge < -0.3 is 9.88 Å². The van der Waals surface area contributed by atoms with E-state index in [1.807, 2.05) is 6.20 Å². The number of carbonyl (C=O) groups excluding carboxylic acids is 1. The molecular weight excluding hydrogens is 340 g/mol. The van der Waals surface area contributed by atoms with Crippen molar-refractivity contribution in [2.24, 2.45) is 10.6 Å². The molecule has 3 N–H and O–H groups in total. The van der Waals surface area contributed by atoms with E-state index in [1.54, 1.807) is 6.20 Å². The largest absolute Gasteiger partial charge is 0.351 e. The molecular formula is C17H22N4O3S. The Labute approximate surface area is 147 Å². The Morgan fingerprint density at radius 2 is 2.00 bits per heavy atom. The summed E-state index contributed by atoms with van der Waals surface area (Å²) in [6, 6.07) is 5.63. The lowest BCUT2D eigenvalue weighted by atomic mass is 10.1. The van der Waals surface area contributed by atoms with E-state index in [0.29, 0.717) is 12.1 Å². The van der Waals surface area contributed by atoms with Crippen LogP contribution in [0.15, 0.2) is 41.6 Å². The molecule has 1 heterocycles. The van der Waals surface area contributed by atoms with Gasteiger partial charge in [0, 0.05) is 42.9 Å². The first-order chi connectivity index (χ1) is 11.8. The highest BCUT2D eigenvalue weighted by Crippen LogP contribution is 2.46. The molecule has 7 nitrogen and oxygen atoms in total. The fraction of sp³-hybridized carbons (Fsp3) is 0.412. The normalized spacial score (nSPS) is 15.8. The van der Waals surface area contributed by atoms with Crippen molar-refractivity contribution in [3.05, 3.63) is 48.0 Å². The Morgan fingerprint density at radius 1 is 1.32 bits per heavy atom. The average molecular weight is 362 g/mol. The van der Waals surface area contributed by atoms with Crippen molar-refractivity contribution in [3.63, 3.8) is 0 Å². The van der Waals surface area contributed by atoms with Crippen LogP contribution in [0.5, 0.6) is 0 Å². The van der Waals surface area contributed by atoms with Crippen LogP contribution in [0, 0.1) is 5.41 Å². The number of aryl methyl sites for hydroxylation is 1. The molecule has 1 aromatic heterocycles. The van der Waals surface area contributed by atoms with E-state index in [0.717, 1.165) is 31.6 Å². The third-order valence-corrected chi connectivity index (χ3v) is 5.58. The molecule has 0 bridgehead atoms. The Kier molecular flexibility index (Phi) is 4.66. The van der Waals surface area contributed by atoms with E-state index >= 15 is 0 Å². The molecule has 1 amide bonds. The lowest BCUT2D eigenvalue weighted by molar-refractivity contribution is 0.0942. The topological polar surface area (TPSA) is 107 Å². The summed E-state index contributed by atoms with van der Waals surface area (Å²) in [5, 5.41) is 8.02. The van der Waals surface area contributed by atoms with Gasteiger partial charge in [0.15, 0.2) is 0 Å². The van der Waals surface area contributed by atoms with Crippen LogP contribution in [0.25, 0.3) is 0 Å². The van der Waals surface area contributed by atoms with Crippen LogP contribution in [0.2, 0.25) is 0 Å². The molecule has 134 valence electrons. The van der Waals surface area contributed by atoms with Gasteiger partial charge in [-0.15, -0.1) is 0 Å². The predicted octanol–water partition coefficient (Wildman–Crippen LogP) is 1.30. The molecule has 25 heavy (non-hydrogen) atoms. The number of nitrogens with two attached hydrogens (primary N) is 1. The number of imidazole rings is 1. The summed E-state index contributed by atoms with van der Waals surface area (Å²) >= 11 is 0. The fourth-order valence-electron chi connectivity index (χ4n) is 2.89. The molecule has 3 rings (SSSR count). The third kappa shape index (κ3) is 4.08. The van der Waals surface area contributed by atoms with E-state index in [2.05, 4.69) is 21.8 Å². The minimum absolute atomic E-state index is 0.00471. The van der Waals surface area contributed by atoms with Gasteiger partial charge in [0.2, 0.25) is 10.0 Å². The number of aromatic nitrogens is 2. The smallest absolute Gasteiger partial charge is 0.251 e. The third-order valence-electron chi connectivity index (χ3n) is 4.65. The second kappa shape index (κ2) is 6.61. The van der Waals surface area contributed by atoms with Crippen LogP contribution in [-0.4, -0.2) is 30.4 Å². The zero-order valence-electron chi connectivity index (χ0n) is 14.1. The van der Waals surface area contributed by atoms with Crippen molar-refractivity contribution in [1.82, 2.24) is 14.9 Å². The van der Waals surface area contributed by atoms with Crippen molar-refractivity contribution in [2.75, 3.05) is 6.54 Å². The van der Waals surface area contributed by atoms with Crippen molar-refractivity contribution in [2.45, 2.75) is 37.6 Å². The molecule has 0 saturated heterocycles. The van der Waals surface area contributed by atoms with E-state index in [1.165, 1.54) is 24.3 Å². The molecule has 8 heteroatoms. The predicted molar refractivity (Wildman–Crippen MR) is 93.4 cm³/mol. The fourth-order valence-corrected chi connectivity index (χ4v) is 3.41. The standard InChI is InChI=1S/C17H22N4O3S/c1-2-15-19-9-10-21(15)12-17(7-8-17)11-20-16(22)13-3-5-14(6-4-13)25(18,23)24/h3-6,9-10H,2,7-8,11-12H2,1H3,(H,20,22)(H2,18,23,24). The van der Waals surface area contributed by atoms with Crippen LogP contribution in [0.4, 0.5) is 0 Å². The van der Waals surface area contributed by atoms with Crippen molar-refractivity contribution < 1.29 is 13.2 Å². The van der Waals surface area contributed by atoms with Gasteiger partial charge in [0.25, 0.3) is 5.91 Å². The number of hydrogen-bond acceptors (Lipinski definition) is 4. The van der Waals surface area contributed by atoms with Gasteiger partial charge in [0.1, 0.15) is 5.82 Å². The van der Waals surface area contributed by atoms with Crippen molar-refractivity contribution in [3.8, 4) is 0 Å². The summed E-state index contributed by atoms with van der Waals surface area (Å²) in [5.41, 5.74) is 0.501. The molecule has 1 aliphatic carbocycles. The minimum atomic E-state index is -3.75. The van der Waals surface area contributed by atoms with E-state index < -0.39 is 10.0 Å². The first kappa shape index (κ1) is 17.6. The lowest BCUT2D eigenvalue weighted by Crippen LogP contribution is -2.32. The highest BCUT2D eigenvalue weighted by atomic mass is 32.2. The van der Waals surface area contributed by atoms with Crippen molar-refractivity contribution in [1.29, 1.82) is 0 Å². The summed E-state index contributed by atoms with van der Waals surface area (Å²) in [5.74, 6) is 0.838. The first-order valence-corrected chi connectivity index (χ1v) is 9.79. The molecule has 0 aliphatic heterocycles. The number of nitrogens with zero attached hydrogens (tertiary/aromatic N) is 2. The summed E-state index contributed by atoms with van der Waals surface area (Å²) in [4.78, 5) is 16.6. The first-order valence-electron chi connectivity index (χ1n) is 8.24. The number of hydrogen-bond donors (Lipinski definition) is 2. The number of sulfonamides is 1. The molecule has 1 fully saturated rings. The summed E-state index contributed by atoms with van der Waals surface area (Å²) in [6.45, 7) is 3.51. The summed E-state index contributed by atoms with van der Waals surface area (Å²) in [7, 11) is -3.75. The van der Waals surface area contributed by atoms with Gasteiger partial charge in [-0.3, -0.25) is 4.79 Å². The number of carbonyl (C=O) groups is 1. The number of rotatable bonds is 7. The zero-order valence-corrected chi connectivity index (χ0v) is 14.9.